The molecule has 0 atom stereocenters. The highest BCUT2D eigenvalue weighted by atomic mass is 15.1. The Morgan fingerprint density at radius 2 is 2.33 bits per heavy atom. The summed E-state index contributed by atoms with van der Waals surface area (Å²) in [7, 11) is 0. The van der Waals surface area contributed by atoms with Crippen LogP contribution >= 0.6 is 0 Å². The van der Waals surface area contributed by atoms with Crippen molar-refractivity contribution < 1.29 is 0 Å². The standard InChI is InChI=1S/C10H18N2/c1-4-11-10-8-12(5-2)7-6-9(10)3/h4H,5-8H2,1-3H3. The third kappa shape index (κ3) is 2.18. The Balaban J connectivity index is 2.67. The quantitative estimate of drug-likeness (QED) is 0.573. The van der Waals surface area contributed by atoms with E-state index in [1.54, 1.807) is 0 Å². The summed E-state index contributed by atoms with van der Waals surface area (Å²) in [6.07, 6.45) is 3.07. The maximum absolute atomic E-state index is 4.38. The molecule has 0 unspecified atom stereocenters. The van der Waals surface area contributed by atoms with E-state index in [1.807, 2.05) is 13.1 Å². The van der Waals surface area contributed by atoms with E-state index < -0.39 is 0 Å². The van der Waals surface area contributed by atoms with E-state index in [0.717, 1.165) is 13.1 Å². The van der Waals surface area contributed by atoms with E-state index in [-0.39, 0.29) is 0 Å². The molecule has 2 nitrogen and oxygen atoms in total. The fourth-order valence-electron chi connectivity index (χ4n) is 1.47. The second kappa shape index (κ2) is 4.41. The molecule has 1 aliphatic heterocycles. The van der Waals surface area contributed by atoms with Crippen molar-refractivity contribution in [1.29, 1.82) is 0 Å². The van der Waals surface area contributed by atoms with Crippen LogP contribution in [0.4, 0.5) is 0 Å². The number of nitrogens with zero attached hydrogens (tertiary/aromatic N) is 2. The summed E-state index contributed by atoms with van der Waals surface area (Å²) < 4.78 is 0. The Hall–Kier alpha value is -0.630. The predicted molar refractivity (Wildman–Crippen MR) is 53.6 cm³/mol. The minimum absolute atomic E-state index is 1.03. The predicted octanol–water partition coefficient (Wildman–Crippen LogP) is 2.08. The van der Waals surface area contributed by atoms with Crippen molar-refractivity contribution in [2.24, 2.45) is 4.99 Å². The highest BCUT2D eigenvalue weighted by molar-refractivity contribution is 5.55. The van der Waals surface area contributed by atoms with Gasteiger partial charge in [0.05, 0.1) is 5.70 Å². The van der Waals surface area contributed by atoms with Gasteiger partial charge >= 0.3 is 0 Å². The van der Waals surface area contributed by atoms with Gasteiger partial charge < -0.3 is 0 Å². The van der Waals surface area contributed by atoms with Gasteiger partial charge in [0, 0.05) is 19.3 Å². The summed E-state index contributed by atoms with van der Waals surface area (Å²) >= 11 is 0. The minimum atomic E-state index is 1.03. The third-order valence-corrected chi connectivity index (χ3v) is 2.40. The fourth-order valence-corrected chi connectivity index (χ4v) is 1.47. The maximum Gasteiger partial charge on any atom is 0.0529 e. The first kappa shape index (κ1) is 9.46. The Kier molecular flexibility index (Phi) is 3.48. The van der Waals surface area contributed by atoms with Crippen molar-refractivity contribution in [3.05, 3.63) is 11.3 Å². The van der Waals surface area contributed by atoms with E-state index in [2.05, 4.69) is 23.7 Å². The minimum Gasteiger partial charge on any atom is -0.297 e. The zero-order valence-corrected chi connectivity index (χ0v) is 8.30. The lowest BCUT2D eigenvalue weighted by Crippen LogP contribution is -2.30. The van der Waals surface area contributed by atoms with Crippen molar-refractivity contribution in [3.8, 4) is 0 Å². The van der Waals surface area contributed by atoms with Gasteiger partial charge in [0.15, 0.2) is 0 Å². The molecular formula is C10H18N2. The van der Waals surface area contributed by atoms with Crippen molar-refractivity contribution in [2.45, 2.75) is 27.2 Å². The van der Waals surface area contributed by atoms with Gasteiger partial charge in [-0.05, 0) is 32.4 Å². The summed E-state index contributed by atoms with van der Waals surface area (Å²) in [4.78, 5) is 6.80. The molecule has 68 valence electrons. The van der Waals surface area contributed by atoms with Gasteiger partial charge in [0.2, 0.25) is 0 Å². The molecule has 1 rings (SSSR count). The molecule has 0 saturated heterocycles. The van der Waals surface area contributed by atoms with Crippen LogP contribution in [0.5, 0.6) is 0 Å². The van der Waals surface area contributed by atoms with Gasteiger partial charge in [-0.25, -0.2) is 0 Å². The monoisotopic (exact) mass is 166 g/mol. The van der Waals surface area contributed by atoms with E-state index in [0.29, 0.717) is 0 Å². The molecule has 0 aliphatic carbocycles. The van der Waals surface area contributed by atoms with Crippen LogP contribution in [0.25, 0.3) is 0 Å². The summed E-state index contributed by atoms with van der Waals surface area (Å²) in [5.41, 5.74) is 2.73. The second-order valence-corrected chi connectivity index (χ2v) is 3.23. The molecule has 12 heavy (non-hydrogen) atoms. The van der Waals surface area contributed by atoms with Gasteiger partial charge in [0.25, 0.3) is 0 Å². The van der Waals surface area contributed by atoms with Gasteiger partial charge in [-0.3, -0.25) is 9.89 Å². The first-order chi connectivity index (χ1) is 5.77. The summed E-state index contributed by atoms with van der Waals surface area (Å²) in [6.45, 7) is 9.74. The van der Waals surface area contributed by atoms with E-state index in [9.17, 15) is 0 Å². The van der Waals surface area contributed by atoms with Crippen LogP contribution in [-0.4, -0.2) is 30.7 Å². The average molecular weight is 166 g/mol. The first-order valence-corrected chi connectivity index (χ1v) is 4.67. The molecule has 0 aromatic rings. The SMILES string of the molecule is CC=NC1=C(C)CCN(CC)C1. The molecular weight excluding hydrogens is 148 g/mol. The molecule has 0 saturated carbocycles. The second-order valence-electron chi connectivity index (χ2n) is 3.23. The molecule has 2 heteroatoms. The van der Waals surface area contributed by atoms with Gasteiger partial charge in [-0.15, -0.1) is 0 Å². The lowest BCUT2D eigenvalue weighted by Gasteiger charge is -2.26. The summed E-state index contributed by atoms with van der Waals surface area (Å²) in [5, 5.41) is 0. The zero-order chi connectivity index (χ0) is 8.97. The Morgan fingerprint density at radius 3 is 2.92 bits per heavy atom. The van der Waals surface area contributed by atoms with Crippen molar-refractivity contribution in [2.75, 3.05) is 19.6 Å². The van der Waals surface area contributed by atoms with Crippen LogP contribution in [-0.2, 0) is 0 Å². The molecule has 0 spiro atoms. The Morgan fingerprint density at radius 1 is 1.58 bits per heavy atom. The van der Waals surface area contributed by atoms with Crippen LogP contribution in [0, 0.1) is 0 Å². The number of likely N-dealkylation sites (N-methyl/N-ethyl adjacent to an activating group) is 1. The highest BCUT2D eigenvalue weighted by Crippen LogP contribution is 2.17. The Labute approximate surface area is 75.0 Å². The van der Waals surface area contributed by atoms with Crippen molar-refractivity contribution in [3.63, 3.8) is 0 Å². The molecule has 0 radical (unpaired) electrons. The van der Waals surface area contributed by atoms with Gasteiger partial charge in [-0.2, -0.15) is 0 Å². The van der Waals surface area contributed by atoms with Crippen molar-refractivity contribution >= 4 is 6.21 Å². The smallest absolute Gasteiger partial charge is 0.0529 e. The van der Waals surface area contributed by atoms with Crippen LogP contribution < -0.4 is 0 Å². The molecule has 0 aromatic heterocycles. The molecule has 0 bridgehead atoms. The van der Waals surface area contributed by atoms with Gasteiger partial charge in [0.1, 0.15) is 0 Å². The molecule has 1 aliphatic rings. The first-order valence-electron chi connectivity index (χ1n) is 4.67. The van der Waals surface area contributed by atoms with Crippen molar-refractivity contribution in [1.82, 2.24) is 4.90 Å². The largest absolute Gasteiger partial charge is 0.297 e. The van der Waals surface area contributed by atoms with E-state index in [1.165, 1.54) is 24.2 Å². The normalized spacial score (nSPS) is 20.9. The number of hydrogen-bond donors (Lipinski definition) is 0. The average Bonchev–Trinajstić information content (AvgIpc) is 2.09. The summed E-state index contributed by atoms with van der Waals surface area (Å²) in [5.74, 6) is 0. The lowest BCUT2D eigenvalue weighted by molar-refractivity contribution is 0.299. The van der Waals surface area contributed by atoms with E-state index >= 15 is 0 Å². The molecule has 0 N–H and O–H groups in total. The zero-order valence-electron chi connectivity index (χ0n) is 8.30. The summed E-state index contributed by atoms with van der Waals surface area (Å²) in [6, 6.07) is 0. The molecule has 1 heterocycles. The third-order valence-electron chi connectivity index (χ3n) is 2.40. The lowest BCUT2D eigenvalue weighted by atomic mass is 10.1. The van der Waals surface area contributed by atoms with Crippen LogP contribution in [0.15, 0.2) is 16.3 Å². The van der Waals surface area contributed by atoms with Crippen LogP contribution in [0.2, 0.25) is 0 Å². The topological polar surface area (TPSA) is 15.6 Å². The number of rotatable bonds is 2. The molecule has 0 amide bonds. The molecule has 0 fully saturated rings. The van der Waals surface area contributed by atoms with Crippen LogP contribution in [0.1, 0.15) is 27.2 Å². The maximum atomic E-state index is 4.38. The Bertz CT molecular complexity index is 204. The van der Waals surface area contributed by atoms with Crippen LogP contribution in [0.3, 0.4) is 0 Å². The van der Waals surface area contributed by atoms with E-state index in [4.69, 9.17) is 0 Å². The number of hydrogen-bond acceptors (Lipinski definition) is 2. The fraction of sp³-hybridized carbons (Fsp3) is 0.700. The number of aliphatic imine (C=N–C) groups is 1. The highest BCUT2D eigenvalue weighted by Gasteiger charge is 2.13. The van der Waals surface area contributed by atoms with Gasteiger partial charge in [-0.1, -0.05) is 6.92 Å². The molecule has 0 aromatic carbocycles.